The molecule has 0 saturated carbocycles. The van der Waals surface area contributed by atoms with Crippen LogP contribution in [0, 0.1) is 11.6 Å². The van der Waals surface area contributed by atoms with Crippen molar-refractivity contribution in [2.24, 2.45) is 0 Å². The zero-order valence-corrected chi connectivity index (χ0v) is 13.6. The quantitative estimate of drug-likeness (QED) is 0.723. The first-order valence-corrected chi connectivity index (χ1v) is 8.69. The van der Waals surface area contributed by atoms with Crippen LogP contribution in [0.15, 0.2) is 71.8 Å². The number of pyridine rings is 1. The number of rotatable bonds is 5. The van der Waals surface area contributed by atoms with Gasteiger partial charge in [-0.15, -0.1) is 0 Å². The molecule has 0 amide bonds. The van der Waals surface area contributed by atoms with E-state index in [9.17, 15) is 17.2 Å². The molecule has 5 nitrogen and oxygen atoms in total. The molecular formula is C17H13F2N3O2S. The summed E-state index contributed by atoms with van der Waals surface area (Å²) in [5.74, 6) is -1.40. The highest BCUT2D eigenvalue weighted by molar-refractivity contribution is 7.92. The van der Waals surface area contributed by atoms with E-state index in [0.717, 1.165) is 12.1 Å². The molecule has 0 radical (unpaired) electrons. The maximum Gasteiger partial charge on any atom is 0.263 e. The van der Waals surface area contributed by atoms with Gasteiger partial charge in [0, 0.05) is 0 Å². The molecule has 25 heavy (non-hydrogen) atoms. The first kappa shape index (κ1) is 16.8. The van der Waals surface area contributed by atoms with Gasteiger partial charge in [0.2, 0.25) is 0 Å². The Morgan fingerprint density at radius 1 is 0.840 bits per heavy atom. The van der Waals surface area contributed by atoms with Crippen molar-refractivity contribution in [3.05, 3.63) is 78.5 Å². The molecule has 8 heteroatoms. The van der Waals surface area contributed by atoms with E-state index in [1.54, 1.807) is 18.2 Å². The van der Waals surface area contributed by atoms with Gasteiger partial charge in [-0.1, -0.05) is 24.3 Å². The molecule has 3 rings (SSSR count). The maximum absolute atomic E-state index is 13.6. The molecular weight excluding hydrogens is 348 g/mol. The topological polar surface area (TPSA) is 71.1 Å². The van der Waals surface area contributed by atoms with Crippen LogP contribution < -0.4 is 10.0 Å². The normalized spacial score (nSPS) is 11.1. The van der Waals surface area contributed by atoms with Crippen molar-refractivity contribution >= 4 is 27.2 Å². The van der Waals surface area contributed by atoms with E-state index in [4.69, 9.17) is 0 Å². The molecule has 0 fully saturated rings. The Balaban J connectivity index is 1.77. The SMILES string of the molecule is O=S(=O)(Nc1ccc(Nc2c(F)cccc2F)cn1)c1ccccc1. The number of aromatic nitrogens is 1. The predicted molar refractivity (Wildman–Crippen MR) is 91.1 cm³/mol. The van der Waals surface area contributed by atoms with Crippen LogP contribution in [0.25, 0.3) is 0 Å². The fraction of sp³-hybridized carbons (Fsp3) is 0. The first-order chi connectivity index (χ1) is 12.0. The molecule has 128 valence electrons. The highest BCUT2D eigenvalue weighted by atomic mass is 32.2. The second kappa shape index (κ2) is 6.86. The monoisotopic (exact) mass is 361 g/mol. The Bertz CT molecular complexity index is 958. The van der Waals surface area contributed by atoms with Gasteiger partial charge in [-0.3, -0.25) is 4.72 Å². The molecule has 2 aromatic carbocycles. The van der Waals surface area contributed by atoms with Crippen LogP contribution in [-0.4, -0.2) is 13.4 Å². The van der Waals surface area contributed by atoms with Crippen molar-refractivity contribution < 1.29 is 17.2 Å². The first-order valence-electron chi connectivity index (χ1n) is 7.21. The zero-order chi connectivity index (χ0) is 17.9. The fourth-order valence-electron chi connectivity index (χ4n) is 2.09. The average Bonchev–Trinajstić information content (AvgIpc) is 2.60. The molecule has 0 aliphatic heterocycles. The van der Waals surface area contributed by atoms with E-state index in [1.165, 1.54) is 36.5 Å². The van der Waals surface area contributed by atoms with Crippen LogP contribution >= 0.6 is 0 Å². The van der Waals surface area contributed by atoms with Gasteiger partial charge in [0.25, 0.3) is 10.0 Å². The van der Waals surface area contributed by atoms with Crippen molar-refractivity contribution in [1.29, 1.82) is 0 Å². The third-order valence-corrected chi connectivity index (χ3v) is 4.66. The van der Waals surface area contributed by atoms with Gasteiger partial charge in [-0.05, 0) is 36.4 Å². The van der Waals surface area contributed by atoms with Gasteiger partial charge in [0.05, 0.1) is 16.8 Å². The Morgan fingerprint density at radius 2 is 1.52 bits per heavy atom. The molecule has 0 atom stereocenters. The molecule has 0 aliphatic rings. The van der Waals surface area contributed by atoms with Gasteiger partial charge in [-0.25, -0.2) is 22.2 Å². The summed E-state index contributed by atoms with van der Waals surface area (Å²) in [6.07, 6.45) is 1.27. The highest BCUT2D eigenvalue weighted by Crippen LogP contribution is 2.23. The van der Waals surface area contributed by atoms with Crippen LogP contribution in [0.2, 0.25) is 0 Å². The van der Waals surface area contributed by atoms with E-state index in [2.05, 4.69) is 15.0 Å². The number of halogens is 2. The molecule has 1 aromatic heterocycles. The van der Waals surface area contributed by atoms with Crippen LogP contribution in [0.3, 0.4) is 0 Å². The predicted octanol–water partition coefficient (Wildman–Crippen LogP) is 3.90. The molecule has 0 saturated heterocycles. The zero-order valence-electron chi connectivity index (χ0n) is 12.8. The molecule has 0 unspecified atom stereocenters. The van der Waals surface area contributed by atoms with E-state index in [1.807, 2.05) is 0 Å². The number of nitrogens with one attached hydrogen (secondary N) is 2. The van der Waals surface area contributed by atoms with Crippen molar-refractivity contribution in [2.75, 3.05) is 10.0 Å². The number of sulfonamides is 1. The molecule has 1 heterocycles. The average molecular weight is 361 g/mol. The smallest absolute Gasteiger partial charge is 0.263 e. The molecule has 2 N–H and O–H groups in total. The lowest BCUT2D eigenvalue weighted by Crippen LogP contribution is -2.13. The summed E-state index contributed by atoms with van der Waals surface area (Å²) in [6.45, 7) is 0. The number of hydrogen-bond donors (Lipinski definition) is 2. The summed E-state index contributed by atoms with van der Waals surface area (Å²) in [7, 11) is -3.75. The Morgan fingerprint density at radius 3 is 2.12 bits per heavy atom. The minimum atomic E-state index is -3.75. The lowest BCUT2D eigenvalue weighted by Gasteiger charge is -2.10. The Kier molecular flexibility index (Phi) is 4.62. The molecule has 0 bridgehead atoms. The van der Waals surface area contributed by atoms with Crippen LogP contribution in [-0.2, 0) is 10.0 Å². The third-order valence-electron chi connectivity index (χ3n) is 3.29. The van der Waals surface area contributed by atoms with Crippen LogP contribution in [0.4, 0.5) is 26.0 Å². The number of nitrogens with zero attached hydrogens (tertiary/aromatic N) is 1. The minimum absolute atomic E-state index is 0.0865. The van der Waals surface area contributed by atoms with Gasteiger partial charge >= 0.3 is 0 Å². The van der Waals surface area contributed by atoms with E-state index in [0.29, 0.717) is 5.69 Å². The summed E-state index contributed by atoms with van der Waals surface area (Å²) in [5.41, 5.74) is 0.00794. The van der Waals surface area contributed by atoms with Gasteiger partial charge in [0.1, 0.15) is 23.1 Å². The number of para-hydroxylation sites is 1. The van der Waals surface area contributed by atoms with Crippen molar-refractivity contribution in [3.63, 3.8) is 0 Å². The summed E-state index contributed by atoms with van der Waals surface area (Å²) in [4.78, 5) is 4.05. The maximum atomic E-state index is 13.6. The summed E-state index contributed by atoms with van der Waals surface area (Å²) in [6, 6.07) is 14.2. The second-order valence-corrected chi connectivity index (χ2v) is 6.75. The van der Waals surface area contributed by atoms with E-state index < -0.39 is 21.7 Å². The fourth-order valence-corrected chi connectivity index (χ4v) is 3.12. The third kappa shape index (κ3) is 3.92. The lowest BCUT2D eigenvalue weighted by atomic mass is 10.2. The van der Waals surface area contributed by atoms with E-state index >= 15 is 0 Å². The lowest BCUT2D eigenvalue weighted by molar-refractivity contribution is 0.590. The van der Waals surface area contributed by atoms with Crippen LogP contribution in [0.5, 0.6) is 0 Å². The van der Waals surface area contributed by atoms with E-state index in [-0.39, 0.29) is 16.4 Å². The largest absolute Gasteiger partial charge is 0.349 e. The van der Waals surface area contributed by atoms with Gasteiger partial charge in [-0.2, -0.15) is 0 Å². The van der Waals surface area contributed by atoms with Crippen LogP contribution in [0.1, 0.15) is 0 Å². The Labute approximate surface area is 143 Å². The molecule has 0 aliphatic carbocycles. The number of hydrogen-bond acceptors (Lipinski definition) is 4. The number of anilines is 3. The van der Waals surface area contributed by atoms with Crippen molar-refractivity contribution in [1.82, 2.24) is 4.98 Å². The highest BCUT2D eigenvalue weighted by Gasteiger charge is 2.14. The standard InChI is InChI=1S/C17H13F2N3O2S/c18-14-7-4-8-15(19)17(14)21-12-9-10-16(20-11-12)22-25(23,24)13-5-2-1-3-6-13/h1-11,21H,(H,20,22). The van der Waals surface area contributed by atoms with Crippen molar-refractivity contribution in [2.45, 2.75) is 4.90 Å². The molecule has 3 aromatic rings. The van der Waals surface area contributed by atoms with Crippen molar-refractivity contribution in [3.8, 4) is 0 Å². The van der Waals surface area contributed by atoms with Gasteiger partial charge in [0.15, 0.2) is 0 Å². The minimum Gasteiger partial charge on any atom is -0.349 e. The molecule has 0 spiro atoms. The number of benzene rings is 2. The summed E-state index contributed by atoms with van der Waals surface area (Å²) in [5, 5.41) is 2.57. The Hall–Kier alpha value is -3.00. The summed E-state index contributed by atoms with van der Waals surface area (Å²) >= 11 is 0. The summed E-state index contributed by atoms with van der Waals surface area (Å²) < 4.78 is 54.0. The van der Waals surface area contributed by atoms with Gasteiger partial charge < -0.3 is 5.32 Å². The second-order valence-electron chi connectivity index (χ2n) is 5.07.